The normalized spacial score (nSPS) is 19.9. The summed E-state index contributed by atoms with van der Waals surface area (Å²) in [6.07, 6.45) is 0. The van der Waals surface area contributed by atoms with Crippen LogP contribution in [-0.2, 0) is 26.7 Å². The minimum absolute atomic E-state index is 0.0122. The predicted octanol–water partition coefficient (Wildman–Crippen LogP) is 1.62. The Bertz CT molecular complexity index is 983. The molecule has 166 valence electrons. The molecule has 0 amide bonds. The monoisotopic (exact) mass is 460 g/mol. The van der Waals surface area contributed by atoms with Crippen LogP contribution in [0, 0.1) is 27.3 Å². The Morgan fingerprint density at radius 1 is 1.37 bits per heavy atom. The van der Waals surface area contributed by atoms with Crippen molar-refractivity contribution in [1.29, 1.82) is 5.26 Å². The first-order valence-corrected chi connectivity index (χ1v) is 11.8. The summed E-state index contributed by atoms with van der Waals surface area (Å²) >= 11 is -1.83. The Labute approximate surface area is 178 Å². The van der Waals surface area contributed by atoms with Gasteiger partial charge in [-0.3, -0.25) is 10.1 Å². The van der Waals surface area contributed by atoms with Crippen molar-refractivity contribution in [2.75, 3.05) is 25.9 Å². The number of rotatable bonds is 7. The standard InChI is InChI=1S/C18H25FN4O5S2/c1-16(2,3)29(26)21-17(4,14-8-13(23(24)25)6-7-15(14)19)12-30(27,28)18(9-20)10-22(5)11-18/h6-8,21H,10-12H2,1-5H3. The van der Waals surface area contributed by atoms with Gasteiger partial charge in [0.1, 0.15) is 16.1 Å². The van der Waals surface area contributed by atoms with Gasteiger partial charge in [-0.05, 0) is 40.8 Å². The fourth-order valence-corrected chi connectivity index (χ4v) is 6.48. The van der Waals surface area contributed by atoms with Crippen LogP contribution < -0.4 is 4.72 Å². The SMILES string of the molecule is CN1CC(C#N)(S(=O)(=O)CC(C)(N[S+]([O-])C(C)(C)C)c2cc([N+](=O)[O-])ccc2F)C1. The van der Waals surface area contributed by atoms with Crippen molar-refractivity contribution in [2.45, 2.75) is 42.7 Å². The van der Waals surface area contributed by atoms with Gasteiger partial charge in [0.15, 0.2) is 14.6 Å². The van der Waals surface area contributed by atoms with Gasteiger partial charge in [-0.2, -0.15) is 5.26 Å². The zero-order valence-electron chi connectivity index (χ0n) is 17.4. The van der Waals surface area contributed by atoms with E-state index in [1.807, 2.05) is 6.07 Å². The van der Waals surface area contributed by atoms with Crippen LogP contribution in [0.3, 0.4) is 0 Å². The van der Waals surface area contributed by atoms with Crippen LogP contribution in [0.4, 0.5) is 10.1 Å². The average Bonchev–Trinajstić information content (AvgIpc) is 2.57. The molecule has 2 unspecified atom stereocenters. The number of hydrogen-bond donors (Lipinski definition) is 1. The summed E-state index contributed by atoms with van der Waals surface area (Å²) in [4.78, 5) is 12.1. The quantitative estimate of drug-likeness (QED) is 0.368. The van der Waals surface area contributed by atoms with E-state index < -0.39 is 58.4 Å². The number of nitrogens with one attached hydrogen (secondary N) is 1. The molecule has 0 aliphatic carbocycles. The Morgan fingerprint density at radius 3 is 2.37 bits per heavy atom. The number of benzene rings is 1. The maximum atomic E-state index is 14.8. The summed E-state index contributed by atoms with van der Waals surface area (Å²) in [5, 5.41) is 20.7. The van der Waals surface area contributed by atoms with Gasteiger partial charge < -0.3 is 9.45 Å². The number of hydrogen-bond acceptors (Lipinski definition) is 8. The molecular weight excluding hydrogens is 435 g/mol. The lowest BCUT2D eigenvalue weighted by Gasteiger charge is -2.44. The minimum Gasteiger partial charge on any atom is -0.598 e. The van der Waals surface area contributed by atoms with E-state index in [1.165, 1.54) is 6.92 Å². The number of nitro benzene ring substituents is 1. The first kappa shape index (κ1) is 24.5. The van der Waals surface area contributed by atoms with Crippen molar-refractivity contribution in [3.05, 3.63) is 39.7 Å². The molecule has 1 fully saturated rings. The highest BCUT2D eigenvalue weighted by molar-refractivity contribution is 7.93. The van der Waals surface area contributed by atoms with Crippen LogP contribution in [0.15, 0.2) is 18.2 Å². The summed E-state index contributed by atoms with van der Waals surface area (Å²) in [5.74, 6) is -1.64. The molecule has 2 rings (SSSR count). The van der Waals surface area contributed by atoms with Gasteiger partial charge in [-0.1, -0.05) is 0 Å². The number of nitrogens with zero attached hydrogens (tertiary/aromatic N) is 3. The molecule has 1 aliphatic rings. The molecule has 1 heterocycles. The van der Waals surface area contributed by atoms with Crippen molar-refractivity contribution in [3.8, 4) is 6.07 Å². The van der Waals surface area contributed by atoms with Crippen LogP contribution >= 0.6 is 0 Å². The zero-order valence-corrected chi connectivity index (χ0v) is 19.1. The third-order valence-corrected chi connectivity index (χ3v) is 9.20. The van der Waals surface area contributed by atoms with Gasteiger partial charge in [0.25, 0.3) is 5.69 Å². The molecule has 2 atom stereocenters. The second kappa shape index (κ2) is 8.05. The van der Waals surface area contributed by atoms with E-state index in [9.17, 15) is 32.7 Å². The Hall–Kier alpha value is -1.78. The van der Waals surface area contributed by atoms with Crippen LogP contribution in [0.5, 0.6) is 0 Å². The van der Waals surface area contributed by atoms with E-state index in [0.717, 1.165) is 18.2 Å². The van der Waals surface area contributed by atoms with Crippen molar-refractivity contribution < 1.29 is 22.3 Å². The Morgan fingerprint density at radius 2 is 1.93 bits per heavy atom. The molecule has 0 bridgehead atoms. The van der Waals surface area contributed by atoms with Gasteiger partial charge in [0, 0.05) is 42.1 Å². The van der Waals surface area contributed by atoms with Gasteiger partial charge in [0.2, 0.25) is 0 Å². The lowest BCUT2D eigenvalue weighted by Crippen LogP contribution is -2.66. The molecule has 0 spiro atoms. The zero-order chi connectivity index (χ0) is 23.1. The number of non-ortho nitro benzene ring substituents is 1. The highest BCUT2D eigenvalue weighted by atomic mass is 32.2. The molecule has 1 aromatic carbocycles. The van der Waals surface area contributed by atoms with E-state index in [2.05, 4.69) is 4.72 Å². The van der Waals surface area contributed by atoms with Crippen LogP contribution in [-0.4, -0.2) is 58.2 Å². The van der Waals surface area contributed by atoms with Crippen molar-refractivity contribution in [1.82, 2.24) is 9.62 Å². The van der Waals surface area contributed by atoms with Crippen molar-refractivity contribution in [3.63, 3.8) is 0 Å². The minimum atomic E-state index is -4.15. The first-order chi connectivity index (χ1) is 13.6. The van der Waals surface area contributed by atoms with Crippen molar-refractivity contribution >= 4 is 26.9 Å². The molecule has 1 aliphatic heterocycles. The number of nitro groups is 1. The smallest absolute Gasteiger partial charge is 0.269 e. The largest absolute Gasteiger partial charge is 0.598 e. The molecule has 0 aromatic heterocycles. The summed E-state index contributed by atoms with van der Waals surface area (Å²) in [5.41, 5.74) is -2.53. The predicted molar refractivity (Wildman–Crippen MR) is 111 cm³/mol. The lowest BCUT2D eigenvalue weighted by atomic mass is 9.94. The number of likely N-dealkylation sites (tertiary alicyclic amines) is 1. The second-order valence-electron chi connectivity index (χ2n) is 8.77. The molecule has 0 saturated carbocycles. The highest BCUT2D eigenvalue weighted by Crippen LogP contribution is 2.36. The molecule has 9 nitrogen and oxygen atoms in total. The second-order valence-corrected chi connectivity index (χ2v) is 13.0. The van der Waals surface area contributed by atoms with E-state index in [1.54, 1.807) is 32.7 Å². The summed E-state index contributed by atoms with van der Waals surface area (Å²) < 4.78 is 54.2. The molecule has 0 radical (unpaired) electrons. The fraction of sp³-hybridized carbons (Fsp3) is 0.611. The van der Waals surface area contributed by atoms with Gasteiger partial charge >= 0.3 is 0 Å². The fourth-order valence-electron chi connectivity index (χ4n) is 3.25. The number of sulfone groups is 1. The average molecular weight is 461 g/mol. The molecule has 12 heteroatoms. The summed E-state index contributed by atoms with van der Waals surface area (Å²) in [7, 11) is -2.49. The number of halogens is 1. The maximum absolute atomic E-state index is 14.8. The van der Waals surface area contributed by atoms with Crippen LogP contribution in [0.1, 0.15) is 33.3 Å². The third kappa shape index (κ3) is 4.60. The lowest BCUT2D eigenvalue weighted by molar-refractivity contribution is -0.385. The van der Waals surface area contributed by atoms with E-state index in [-0.39, 0.29) is 18.7 Å². The maximum Gasteiger partial charge on any atom is 0.269 e. The van der Waals surface area contributed by atoms with Crippen LogP contribution in [0.2, 0.25) is 0 Å². The van der Waals surface area contributed by atoms with Gasteiger partial charge in [0.05, 0.1) is 16.7 Å². The third-order valence-electron chi connectivity index (χ3n) is 4.96. The Balaban J connectivity index is 2.60. The van der Waals surface area contributed by atoms with Gasteiger partial charge in [-0.25, -0.2) is 12.8 Å². The summed E-state index contributed by atoms with van der Waals surface area (Å²) in [6.45, 7) is 6.23. The van der Waals surface area contributed by atoms with E-state index in [0.29, 0.717) is 0 Å². The topological polar surface area (TPSA) is 139 Å². The van der Waals surface area contributed by atoms with E-state index >= 15 is 0 Å². The van der Waals surface area contributed by atoms with Gasteiger partial charge in [-0.15, -0.1) is 4.72 Å². The molecule has 1 aromatic rings. The highest BCUT2D eigenvalue weighted by Gasteiger charge is 2.56. The van der Waals surface area contributed by atoms with Crippen molar-refractivity contribution in [2.24, 2.45) is 0 Å². The molecule has 1 saturated heterocycles. The first-order valence-electron chi connectivity index (χ1n) is 9.03. The number of nitriles is 1. The van der Waals surface area contributed by atoms with E-state index in [4.69, 9.17) is 0 Å². The van der Waals surface area contributed by atoms with Crippen LogP contribution in [0.25, 0.3) is 0 Å². The molecule has 30 heavy (non-hydrogen) atoms. The molecular formula is C18H25FN4O5S2. The Kier molecular flexibility index (Phi) is 6.57. The molecule has 1 N–H and O–H groups in total. The summed E-state index contributed by atoms with van der Waals surface area (Å²) in [6, 6.07) is 4.62.